The molecule has 0 fully saturated rings. The van der Waals surface area contributed by atoms with Crippen LogP contribution in [-0.4, -0.2) is 23.6 Å². The van der Waals surface area contributed by atoms with Crippen LogP contribution in [0.25, 0.3) is 0 Å². The van der Waals surface area contributed by atoms with Gasteiger partial charge in [-0.2, -0.15) is 5.10 Å². The van der Waals surface area contributed by atoms with Gasteiger partial charge in [-0.3, -0.25) is 5.10 Å². The van der Waals surface area contributed by atoms with Crippen LogP contribution < -0.4 is 10.5 Å². The molecule has 0 spiro atoms. The van der Waals surface area contributed by atoms with Crippen LogP contribution in [0.2, 0.25) is 0 Å². The second kappa shape index (κ2) is 5.92. The number of H-pyrrole nitrogens is 1. The Balaban J connectivity index is 2.29. The molecule has 4 N–H and O–H groups in total. The molecule has 2 rings (SSSR count). The first-order valence-corrected chi connectivity index (χ1v) is 8.12. The number of sulfonamides is 1. The van der Waals surface area contributed by atoms with Crippen LogP contribution in [-0.2, 0) is 10.0 Å². The second-order valence-electron chi connectivity index (χ2n) is 4.72. The Hall–Kier alpha value is -1.77. The Bertz CT molecular complexity index is 754. The van der Waals surface area contributed by atoms with Crippen LogP contribution in [0.1, 0.15) is 29.7 Å². The van der Waals surface area contributed by atoms with Crippen LogP contribution in [0.4, 0.5) is 0 Å². The number of thiocarbonyl (C=S) groups is 1. The molecule has 0 bridgehead atoms. The average Bonchev–Trinajstić information content (AvgIpc) is 2.91. The average molecular weight is 324 g/mol. The largest absolute Gasteiger partial charge is 0.389 e. The number of nitrogens with two attached hydrogens (primary N) is 1. The van der Waals surface area contributed by atoms with Gasteiger partial charge >= 0.3 is 0 Å². The number of hydrogen-bond acceptors (Lipinski definition) is 4. The fraction of sp³-hybridized carbons (Fsp3) is 0.231. The van der Waals surface area contributed by atoms with Gasteiger partial charge in [0.15, 0.2) is 0 Å². The lowest BCUT2D eigenvalue weighted by Gasteiger charge is -2.14. The van der Waals surface area contributed by atoms with Crippen LogP contribution in [0.5, 0.6) is 0 Å². The lowest BCUT2D eigenvalue weighted by molar-refractivity contribution is 0.566. The van der Waals surface area contributed by atoms with E-state index in [4.69, 9.17) is 18.0 Å². The van der Waals surface area contributed by atoms with Gasteiger partial charge in [0, 0.05) is 23.4 Å². The van der Waals surface area contributed by atoms with Gasteiger partial charge in [0.25, 0.3) is 0 Å². The molecule has 21 heavy (non-hydrogen) atoms. The Morgan fingerprint density at radius 2 is 2.19 bits per heavy atom. The van der Waals surface area contributed by atoms with Gasteiger partial charge < -0.3 is 5.73 Å². The molecular formula is C13H16N4O2S2. The molecule has 1 heterocycles. The van der Waals surface area contributed by atoms with Crippen molar-refractivity contribution in [1.29, 1.82) is 0 Å². The number of aryl methyl sites for hydroxylation is 1. The lowest BCUT2D eigenvalue weighted by atomic mass is 10.1. The lowest BCUT2D eigenvalue weighted by Crippen LogP contribution is -2.27. The summed E-state index contributed by atoms with van der Waals surface area (Å²) in [6, 6.07) is 4.39. The third-order valence-corrected chi connectivity index (χ3v) is 5.04. The summed E-state index contributed by atoms with van der Waals surface area (Å²) in [5.41, 5.74) is 7.54. The zero-order valence-corrected chi connectivity index (χ0v) is 13.3. The summed E-state index contributed by atoms with van der Waals surface area (Å²) in [5, 5.41) is 6.46. The van der Waals surface area contributed by atoms with Gasteiger partial charge in [-0.15, -0.1) is 0 Å². The Morgan fingerprint density at radius 1 is 1.48 bits per heavy atom. The summed E-state index contributed by atoms with van der Waals surface area (Å²) in [6.45, 7) is 3.46. The second-order valence-corrected chi connectivity index (χ2v) is 6.84. The smallest absolute Gasteiger partial charge is 0.241 e. The highest BCUT2D eigenvalue weighted by Crippen LogP contribution is 2.20. The molecule has 0 aliphatic heterocycles. The molecule has 1 unspecified atom stereocenters. The van der Waals surface area contributed by atoms with Crippen molar-refractivity contribution in [3.8, 4) is 0 Å². The number of nitrogens with one attached hydrogen (secondary N) is 2. The normalized spacial score (nSPS) is 13.0. The summed E-state index contributed by atoms with van der Waals surface area (Å²) >= 11 is 4.88. The van der Waals surface area contributed by atoms with E-state index in [0.29, 0.717) is 11.1 Å². The van der Waals surface area contributed by atoms with E-state index < -0.39 is 10.0 Å². The maximum atomic E-state index is 12.4. The maximum absolute atomic E-state index is 12.4. The fourth-order valence-corrected chi connectivity index (χ4v) is 3.55. The summed E-state index contributed by atoms with van der Waals surface area (Å²) in [4.78, 5) is 0.444. The van der Waals surface area contributed by atoms with Gasteiger partial charge in [-0.05, 0) is 31.5 Å². The van der Waals surface area contributed by atoms with Crippen molar-refractivity contribution in [1.82, 2.24) is 14.9 Å². The number of aromatic amines is 1. The van der Waals surface area contributed by atoms with E-state index in [0.717, 1.165) is 5.56 Å². The highest BCUT2D eigenvalue weighted by Gasteiger charge is 2.21. The molecule has 0 aliphatic rings. The maximum Gasteiger partial charge on any atom is 0.241 e. The zero-order chi connectivity index (χ0) is 15.6. The molecule has 0 amide bonds. The highest BCUT2D eigenvalue weighted by molar-refractivity contribution is 7.89. The van der Waals surface area contributed by atoms with Gasteiger partial charge in [0.2, 0.25) is 10.0 Å². The van der Waals surface area contributed by atoms with Crippen LogP contribution in [0.15, 0.2) is 35.5 Å². The zero-order valence-electron chi connectivity index (χ0n) is 11.6. The SMILES string of the molecule is Cc1cc(C(N)=S)ccc1S(=O)(=O)NC(C)c1cn[nH]c1. The van der Waals surface area contributed by atoms with E-state index in [9.17, 15) is 8.42 Å². The first kappa shape index (κ1) is 15.6. The third kappa shape index (κ3) is 3.46. The summed E-state index contributed by atoms with van der Waals surface area (Å²) in [6.07, 6.45) is 3.23. The predicted octanol–water partition coefficient (Wildman–Crippen LogP) is 1.39. The van der Waals surface area contributed by atoms with Crippen molar-refractivity contribution in [2.75, 3.05) is 0 Å². The summed E-state index contributed by atoms with van der Waals surface area (Å²) in [5.74, 6) is 0. The van der Waals surface area contributed by atoms with Crippen molar-refractivity contribution in [2.24, 2.45) is 5.73 Å². The van der Waals surface area contributed by atoms with Gasteiger partial charge in [0.05, 0.1) is 11.1 Å². The summed E-state index contributed by atoms with van der Waals surface area (Å²) < 4.78 is 27.5. The van der Waals surface area contributed by atoms with E-state index >= 15 is 0 Å². The molecule has 0 radical (unpaired) electrons. The van der Waals surface area contributed by atoms with Crippen LogP contribution in [0.3, 0.4) is 0 Å². The molecule has 1 atom stereocenters. The fourth-order valence-electron chi connectivity index (χ4n) is 1.97. The number of aromatic nitrogens is 2. The van der Waals surface area contributed by atoms with E-state index in [1.54, 1.807) is 38.4 Å². The first-order valence-electron chi connectivity index (χ1n) is 6.22. The molecule has 2 aromatic rings. The minimum Gasteiger partial charge on any atom is -0.389 e. The summed E-state index contributed by atoms with van der Waals surface area (Å²) in [7, 11) is -3.63. The molecule has 1 aromatic carbocycles. The van der Waals surface area contributed by atoms with E-state index in [2.05, 4.69) is 14.9 Å². The number of benzene rings is 1. The number of nitrogens with zero attached hydrogens (tertiary/aromatic N) is 1. The standard InChI is InChI=1S/C13H16N4O2S2/c1-8-5-10(13(14)20)3-4-12(8)21(18,19)17-9(2)11-6-15-16-7-11/h3-7,9,17H,1-2H3,(H2,14,20)(H,15,16). The van der Waals surface area contributed by atoms with Crippen molar-refractivity contribution < 1.29 is 8.42 Å². The number of rotatable bonds is 5. The first-order chi connectivity index (χ1) is 9.81. The molecule has 6 nitrogen and oxygen atoms in total. The molecule has 0 saturated heterocycles. The molecular weight excluding hydrogens is 308 g/mol. The highest BCUT2D eigenvalue weighted by atomic mass is 32.2. The van der Waals surface area contributed by atoms with Crippen molar-refractivity contribution in [3.05, 3.63) is 47.3 Å². The molecule has 1 aromatic heterocycles. The van der Waals surface area contributed by atoms with E-state index in [1.165, 1.54) is 6.07 Å². The minimum atomic E-state index is -3.63. The Kier molecular flexibility index (Phi) is 4.40. The van der Waals surface area contributed by atoms with E-state index in [-0.39, 0.29) is 15.9 Å². The van der Waals surface area contributed by atoms with Crippen LogP contribution in [0, 0.1) is 6.92 Å². The van der Waals surface area contributed by atoms with Crippen molar-refractivity contribution in [2.45, 2.75) is 24.8 Å². The minimum absolute atomic E-state index is 0.206. The Morgan fingerprint density at radius 3 is 2.71 bits per heavy atom. The predicted molar refractivity (Wildman–Crippen MR) is 84.4 cm³/mol. The molecule has 112 valence electrons. The van der Waals surface area contributed by atoms with E-state index in [1.807, 2.05) is 0 Å². The monoisotopic (exact) mass is 324 g/mol. The van der Waals surface area contributed by atoms with Crippen molar-refractivity contribution in [3.63, 3.8) is 0 Å². The molecule has 0 saturated carbocycles. The quantitative estimate of drug-likeness (QED) is 0.722. The van der Waals surface area contributed by atoms with Gasteiger partial charge in [0.1, 0.15) is 4.99 Å². The molecule has 0 aliphatic carbocycles. The third-order valence-electron chi connectivity index (χ3n) is 3.10. The van der Waals surface area contributed by atoms with Gasteiger partial charge in [-0.25, -0.2) is 13.1 Å². The molecule has 8 heteroatoms. The van der Waals surface area contributed by atoms with Crippen LogP contribution >= 0.6 is 12.2 Å². The Labute approximate surface area is 128 Å². The topological polar surface area (TPSA) is 101 Å². The van der Waals surface area contributed by atoms with Crippen molar-refractivity contribution >= 4 is 27.2 Å². The van der Waals surface area contributed by atoms with Gasteiger partial charge in [-0.1, -0.05) is 18.3 Å². The number of hydrogen-bond donors (Lipinski definition) is 3.